The molecule has 2 saturated heterocycles. The van der Waals surface area contributed by atoms with Gasteiger partial charge in [0.15, 0.2) is 0 Å². The van der Waals surface area contributed by atoms with Crippen molar-refractivity contribution in [1.29, 1.82) is 0 Å². The minimum Gasteiger partial charge on any atom is -0.371 e. The number of hydrogen-bond donors (Lipinski definition) is 1. The van der Waals surface area contributed by atoms with Crippen LogP contribution in [0.4, 0.5) is 11.4 Å². The van der Waals surface area contributed by atoms with Gasteiger partial charge >= 0.3 is 0 Å². The second-order valence-electron chi connectivity index (χ2n) is 8.68. The maximum atomic E-state index is 12.5. The zero-order valence-corrected chi connectivity index (χ0v) is 18.9. The topological polar surface area (TPSA) is 69.7 Å². The smallest absolute Gasteiger partial charge is 0.251 e. The second kappa shape index (κ2) is 9.30. The standard InChI is InChI=1S/C24H31N3O3S/c1-19-5-4-14-26(18-19)22-10-6-20(7-11-22)17-25-24(28)21-8-12-23(13-9-21)27-15-2-3-16-31(27,29)30/h6-13,19H,2-5,14-18H2,1H3,(H,25,28). The summed E-state index contributed by atoms with van der Waals surface area (Å²) in [4.78, 5) is 15.0. The second-order valence-corrected chi connectivity index (χ2v) is 10.7. The molecular weight excluding hydrogens is 410 g/mol. The summed E-state index contributed by atoms with van der Waals surface area (Å²) in [5.74, 6) is 0.751. The van der Waals surface area contributed by atoms with E-state index in [1.807, 2.05) is 0 Å². The Bertz CT molecular complexity index is 1000. The highest BCUT2D eigenvalue weighted by molar-refractivity contribution is 7.92. The fourth-order valence-electron chi connectivity index (χ4n) is 4.39. The van der Waals surface area contributed by atoms with Crippen molar-refractivity contribution < 1.29 is 13.2 Å². The predicted octanol–water partition coefficient (Wildman–Crippen LogP) is 3.78. The number of rotatable bonds is 5. The van der Waals surface area contributed by atoms with E-state index in [0.717, 1.165) is 31.0 Å². The molecule has 0 radical (unpaired) electrons. The summed E-state index contributed by atoms with van der Waals surface area (Å²) in [5, 5.41) is 2.95. The highest BCUT2D eigenvalue weighted by Crippen LogP contribution is 2.25. The molecule has 31 heavy (non-hydrogen) atoms. The Morgan fingerprint density at radius 3 is 2.35 bits per heavy atom. The van der Waals surface area contributed by atoms with Crippen LogP contribution >= 0.6 is 0 Å². The van der Waals surface area contributed by atoms with Crippen LogP contribution < -0.4 is 14.5 Å². The molecule has 2 aromatic rings. The summed E-state index contributed by atoms with van der Waals surface area (Å²) in [6.45, 7) is 5.46. The van der Waals surface area contributed by atoms with E-state index in [1.165, 1.54) is 22.8 Å². The Morgan fingerprint density at radius 2 is 1.68 bits per heavy atom. The quantitative estimate of drug-likeness (QED) is 0.767. The molecule has 2 fully saturated rings. The fraction of sp³-hybridized carbons (Fsp3) is 0.458. The molecule has 1 N–H and O–H groups in total. The number of carbonyl (C=O) groups is 1. The molecule has 2 heterocycles. The monoisotopic (exact) mass is 441 g/mol. The van der Waals surface area contributed by atoms with Crippen molar-refractivity contribution in [3.05, 3.63) is 59.7 Å². The zero-order chi connectivity index (χ0) is 21.8. The molecule has 0 aliphatic carbocycles. The Hall–Kier alpha value is -2.54. The molecule has 6 nitrogen and oxygen atoms in total. The predicted molar refractivity (Wildman–Crippen MR) is 125 cm³/mol. The van der Waals surface area contributed by atoms with Gasteiger partial charge in [0.25, 0.3) is 5.91 Å². The normalized spacial score (nSPS) is 21.0. The van der Waals surface area contributed by atoms with Gasteiger partial charge in [-0.2, -0.15) is 0 Å². The summed E-state index contributed by atoms with van der Waals surface area (Å²) in [7, 11) is -3.24. The van der Waals surface area contributed by atoms with Crippen molar-refractivity contribution in [1.82, 2.24) is 5.32 Å². The maximum Gasteiger partial charge on any atom is 0.251 e. The summed E-state index contributed by atoms with van der Waals surface area (Å²) in [6.07, 6.45) is 4.10. The van der Waals surface area contributed by atoms with Crippen LogP contribution in [-0.2, 0) is 16.6 Å². The van der Waals surface area contributed by atoms with E-state index in [9.17, 15) is 13.2 Å². The van der Waals surface area contributed by atoms with Crippen molar-refractivity contribution in [3.63, 3.8) is 0 Å². The largest absolute Gasteiger partial charge is 0.371 e. The van der Waals surface area contributed by atoms with E-state index >= 15 is 0 Å². The lowest BCUT2D eigenvalue weighted by Gasteiger charge is -2.32. The number of nitrogens with zero attached hydrogens (tertiary/aromatic N) is 2. The molecule has 0 spiro atoms. The first-order valence-electron chi connectivity index (χ1n) is 11.1. The minimum absolute atomic E-state index is 0.165. The van der Waals surface area contributed by atoms with Gasteiger partial charge in [-0.25, -0.2) is 8.42 Å². The SMILES string of the molecule is CC1CCCN(c2ccc(CNC(=O)c3ccc(N4CCCCS4(=O)=O)cc3)cc2)C1. The van der Waals surface area contributed by atoms with E-state index in [0.29, 0.717) is 30.8 Å². The molecule has 0 bridgehead atoms. The lowest BCUT2D eigenvalue weighted by molar-refractivity contribution is 0.0951. The first-order valence-corrected chi connectivity index (χ1v) is 12.8. The first kappa shape index (κ1) is 21.7. The maximum absolute atomic E-state index is 12.5. The fourth-order valence-corrected chi connectivity index (χ4v) is 6.03. The molecule has 2 aliphatic heterocycles. The Labute approximate surface area is 185 Å². The molecule has 1 atom stereocenters. The van der Waals surface area contributed by atoms with E-state index in [1.54, 1.807) is 24.3 Å². The lowest BCUT2D eigenvalue weighted by atomic mass is 9.99. The van der Waals surface area contributed by atoms with Gasteiger partial charge in [0, 0.05) is 37.4 Å². The molecule has 4 rings (SSSR count). The van der Waals surface area contributed by atoms with Crippen LogP contribution in [0.15, 0.2) is 48.5 Å². The number of sulfonamides is 1. The van der Waals surface area contributed by atoms with Crippen molar-refractivity contribution in [2.24, 2.45) is 5.92 Å². The summed E-state index contributed by atoms with van der Waals surface area (Å²) in [6, 6.07) is 15.2. The molecule has 1 unspecified atom stereocenters. The summed E-state index contributed by atoms with van der Waals surface area (Å²) < 4.78 is 25.9. The molecule has 1 amide bonds. The zero-order valence-electron chi connectivity index (χ0n) is 18.1. The number of amides is 1. The van der Waals surface area contributed by atoms with Gasteiger partial charge in [0.2, 0.25) is 10.0 Å². The molecule has 2 aromatic carbocycles. The van der Waals surface area contributed by atoms with Crippen LogP contribution in [0, 0.1) is 5.92 Å². The van der Waals surface area contributed by atoms with Gasteiger partial charge in [0.05, 0.1) is 11.4 Å². The van der Waals surface area contributed by atoms with Gasteiger partial charge in [-0.05, 0) is 73.6 Å². The molecule has 0 aromatic heterocycles. The van der Waals surface area contributed by atoms with Gasteiger partial charge < -0.3 is 10.2 Å². The number of piperidine rings is 1. The number of nitrogens with one attached hydrogen (secondary N) is 1. The lowest BCUT2D eigenvalue weighted by Crippen LogP contribution is -2.37. The van der Waals surface area contributed by atoms with E-state index < -0.39 is 10.0 Å². The van der Waals surface area contributed by atoms with Crippen molar-refractivity contribution >= 4 is 27.3 Å². The average molecular weight is 442 g/mol. The van der Waals surface area contributed by atoms with Gasteiger partial charge in [0.1, 0.15) is 0 Å². The minimum atomic E-state index is -3.24. The van der Waals surface area contributed by atoms with E-state index in [-0.39, 0.29) is 11.7 Å². The molecule has 166 valence electrons. The van der Waals surface area contributed by atoms with Crippen LogP contribution in [0.25, 0.3) is 0 Å². The highest BCUT2D eigenvalue weighted by atomic mass is 32.2. The first-order chi connectivity index (χ1) is 14.9. The molecule has 2 aliphatic rings. The van der Waals surface area contributed by atoms with Gasteiger partial charge in [-0.1, -0.05) is 19.1 Å². The van der Waals surface area contributed by atoms with Crippen LogP contribution in [0.1, 0.15) is 48.5 Å². The van der Waals surface area contributed by atoms with Gasteiger partial charge in [-0.3, -0.25) is 9.10 Å². The van der Waals surface area contributed by atoms with E-state index in [2.05, 4.69) is 41.4 Å². The van der Waals surface area contributed by atoms with Crippen LogP contribution in [0.3, 0.4) is 0 Å². The van der Waals surface area contributed by atoms with Crippen molar-refractivity contribution in [2.45, 2.75) is 39.2 Å². The Morgan fingerprint density at radius 1 is 0.968 bits per heavy atom. The Balaban J connectivity index is 1.33. The highest BCUT2D eigenvalue weighted by Gasteiger charge is 2.26. The van der Waals surface area contributed by atoms with Crippen LogP contribution in [0.2, 0.25) is 0 Å². The molecule has 7 heteroatoms. The summed E-state index contributed by atoms with van der Waals surface area (Å²) >= 11 is 0. The van der Waals surface area contributed by atoms with Crippen molar-refractivity contribution in [2.75, 3.05) is 34.6 Å². The number of carbonyl (C=O) groups excluding carboxylic acids is 1. The van der Waals surface area contributed by atoms with Crippen LogP contribution in [-0.4, -0.2) is 39.7 Å². The number of hydrogen-bond acceptors (Lipinski definition) is 4. The molecule has 0 saturated carbocycles. The summed E-state index contributed by atoms with van der Waals surface area (Å²) in [5.41, 5.74) is 3.44. The number of benzene rings is 2. The van der Waals surface area contributed by atoms with Crippen LogP contribution in [0.5, 0.6) is 0 Å². The average Bonchev–Trinajstić information content (AvgIpc) is 2.78. The van der Waals surface area contributed by atoms with E-state index in [4.69, 9.17) is 0 Å². The molecular formula is C24H31N3O3S. The third-order valence-corrected chi connectivity index (χ3v) is 8.05. The number of anilines is 2. The van der Waals surface area contributed by atoms with Crippen molar-refractivity contribution in [3.8, 4) is 0 Å². The Kier molecular flexibility index (Phi) is 6.51. The third kappa shape index (κ3) is 5.21. The third-order valence-electron chi connectivity index (χ3n) is 6.18. The van der Waals surface area contributed by atoms with Gasteiger partial charge in [-0.15, -0.1) is 0 Å².